The molecule has 8 heteroatoms. The molecule has 33 heavy (non-hydrogen) atoms. The van der Waals surface area contributed by atoms with Crippen molar-refractivity contribution >= 4 is 34.8 Å². The minimum absolute atomic E-state index is 0.100. The fraction of sp³-hybridized carbons (Fsp3) is 0.400. The molecule has 0 aliphatic carbocycles. The molecule has 0 spiro atoms. The summed E-state index contributed by atoms with van der Waals surface area (Å²) in [6, 6.07) is 13.9. The van der Waals surface area contributed by atoms with Gasteiger partial charge in [-0.25, -0.2) is 0 Å². The number of carbonyl (C=O) groups excluding carboxylic acids is 2. The molecular weight excluding hydrogens is 438 g/mol. The molecule has 2 amide bonds. The van der Waals surface area contributed by atoms with Crippen molar-refractivity contribution in [3.05, 3.63) is 59.7 Å². The van der Waals surface area contributed by atoms with Gasteiger partial charge in [0.15, 0.2) is 5.11 Å². The van der Waals surface area contributed by atoms with Crippen molar-refractivity contribution in [3.8, 4) is 5.75 Å². The second-order valence-electron chi connectivity index (χ2n) is 8.39. The normalized spacial score (nSPS) is 15.2. The van der Waals surface area contributed by atoms with Gasteiger partial charge in [-0.15, -0.1) is 0 Å². The maximum atomic E-state index is 12.5. The van der Waals surface area contributed by atoms with E-state index < -0.39 is 0 Å². The molecule has 0 bridgehead atoms. The molecule has 0 radical (unpaired) electrons. The molecule has 1 unspecified atom stereocenters. The Bertz CT molecular complexity index is 956. The van der Waals surface area contributed by atoms with Gasteiger partial charge in [-0.05, 0) is 79.9 Å². The summed E-state index contributed by atoms with van der Waals surface area (Å²) in [5.74, 6) is 0.723. The van der Waals surface area contributed by atoms with Crippen molar-refractivity contribution in [1.82, 2.24) is 10.6 Å². The molecule has 1 heterocycles. The average molecular weight is 470 g/mol. The maximum Gasteiger partial charge on any atom is 0.257 e. The van der Waals surface area contributed by atoms with Crippen LogP contribution in [0.15, 0.2) is 48.5 Å². The van der Waals surface area contributed by atoms with Gasteiger partial charge in [0.25, 0.3) is 11.8 Å². The number of hydrogen-bond acceptors (Lipinski definition) is 5. The summed E-state index contributed by atoms with van der Waals surface area (Å²) in [6.45, 7) is 6.14. The number of benzene rings is 2. The van der Waals surface area contributed by atoms with E-state index in [4.69, 9.17) is 21.7 Å². The summed E-state index contributed by atoms with van der Waals surface area (Å²) in [5.41, 5.74) is 1.67. The Morgan fingerprint density at radius 3 is 2.61 bits per heavy atom. The van der Waals surface area contributed by atoms with Crippen LogP contribution in [-0.4, -0.2) is 42.8 Å². The molecule has 3 N–H and O–H groups in total. The van der Waals surface area contributed by atoms with Crippen LogP contribution in [0.5, 0.6) is 5.75 Å². The van der Waals surface area contributed by atoms with E-state index in [9.17, 15) is 9.59 Å². The third-order valence-corrected chi connectivity index (χ3v) is 5.41. The van der Waals surface area contributed by atoms with Crippen LogP contribution in [-0.2, 0) is 4.74 Å². The highest BCUT2D eigenvalue weighted by molar-refractivity contribution is 7.80. The number of thiocarbonyl (C=S) groups is 1. The van der Waals surface area contributed by atoms with Crippen molar-refractivity contribution in [2.24, 2.45) is 5.92 Å². The molecule has 1 saturated heterocycles. The molecule has 1 fully saturated rings. The summed E-state index contributed by atoms with van der Waals surface area (Å²) in [6.07, 6.45) is 3.05. The van der Waals surface area contributed by atoms with E-state index in [1.54, 1.807) is 42.5 Å². The molecule has 3 rings (SSSR count). The predicted octanol–water partition coefficient (Wildman–Crippen LogP) is 4.15. The second kappa shape index (κ2) is 12.3. The molecule has 1 aliphatic rings. The van der Waals surface area contributed by atoms with Crippen LogP contribution in [0.25, 0.3) is 0 Å². The Balaban J connectivity index is 1.47. The number of amides is 2. The highest BCUT2D eigenvalue weighted by atomic mass is 32.1. The highest BCUT2D eigenvalue weighted by Crippen LogP contribution is 2.15. The third kappa shape index (κ3) is 8.14. The van der Waals surface area contributed by atoms with Crippen molar-refractivity contribution in [2.75, 3.05) is 25.1 Å². The summed E-state index contributed by atoms with van der Waals surface area (Å²) in [4.78, 5) is 24.8. The van der Waals surface area contributed by atoms with E-state index in [0.717, 1.165) is 25.9 Å². The number of nitrogens with one attached hydrogen (secondary N) is 3. The lowest BCUT2D eigenvalue weighted by atomic mass is 10.1. The van der Waals surface area contributed by atoms with Gasteiger partial charge in [0, 0.05) is 30.0 Å². The van der Waals surface area contributed by atoms with Crippen LogP contribution in [0.1, 0.15) is 53.8 Å². The fourth-order valence-corrected chi connectivity index (χ4v) is 3.51. The summed E-state index contributed by atoms with van der Waals surface area (Å²) >= 11 is 5.26. The van der Waals surface area contributed by atoms with Gasteiger partial charge in [0.05, 0.1) is 12.7 Å². The van der Waals surface area contributed by atoms with Gasteiger partial charge in [-0.2, -0.15) is 0 Å². The van der Waals surface area contributed by atoms with Crippen LogP contribution >= 0.6 is 12.2 Å². The van der Waals surface area contributed by atoms with E-state index >= 15 is 0 Å². The predicted molar refractivity (Wildman–Crippen MR) is 133 cm³/mol. The summed E-state index contributed by atoms with van der Waals surface area (Å²) < 4.78 is 11.2. The van der Waals surface area contributed by atoms with E-state index in [1.807, 2.05) is 6.07 Å². The first-order valence-corrected chi connectivity index (χ1v) is 11.7. The van der Waals surface area contributed by atoms with Crippen molar-refractivity contribution in [2.45, 2.75) is 39.2 Å². The lowest BCUT2D eigenvalue weighted by Crippen LogP contribution is -2.34. The number of hydrogen-bond donors (Lipinski definition) is 3. The number of carbonyl (C=O) groups is 2. The quantitative estimate of drug-likeness (QED) is 0.478. The fourth-order valence-electron chi connectivity index (χ4n) is 3.30. The Hall–Kier alpha value is -2.97. The average Bonchev–Trinajstić information content (AvgIpc) is 3.31. The summed E-state index contributed by atoms with van der Waals surface area (Å²) in [7, 11) is 0. The van der Waals surface area contributed by atoms with E-state index in [2.05, 4.69) is 29.8 Å². The number of rotatable bonds is 9. The minimum Gasteiger partial charge on any atom is -0.494 e. The van der Waals surface area contributed by atoms with Crippen LogP contribution in [0.2, 0.25) is 0 Å². The SMILES string of the molecule is CC(C)CCOc1cccc(C(=O)NC(=S)Nc2ccc(C(=O)NCC3CCCO3)cc2)c1. The zero-order valence-corrected chi connectivity index (χ0v) is 19.9. The van der Waals surface area contributed by atoms with Crippen LogP contribution in [0, 0.1) is 5.92 Å². The largest absolute Gasteiger partial charge is 0.494 e. The topological polar surface area (TPSA) is 88.7 Å². The Labute approximate surface area is 200 Å². The van der Waals surface area contributed by atoms with Crippen LogP contribution in [0.4, 0.5) is 5.69 Å². The maximum absolute atomic E-state index is 12.5. The standard InChI is InChI=1S/C25H31N3O4S/c1-17(2)12-14-32-21-6-3-5-19(15-21)24(30)28-25(33)27-20-10-8-18(9-11-20)23(29)26-16-22-7-4-13-31-22/h3,5-6,8-11,15,17,22H,4,7,12-14,16H2,1-2H3,(H,26,29)(H2,27,28,30,33). The first-order chi connectivity index (χ1) is 15.9. The Morgan fingerprint density at radius 1 is 1.12 bits per heavy atom. The van der Waals surface area contributed by atoms with E-state index in [1.165, 1.54) is 0 Å². The molecule has 176 valence electrons. The lowest BCUT2D eigenvalue weighted by molar-refractivity contribution is 0.0857. The van der Waals surface area contributed by atoms with Crippen molar-refractivity contribution < 1.29 is 19.1 Å². The second-order valence-corrected chi connectivity index (χ2v) is 8.80. The minimum atomic E-state index is -0.327. The van der Waals surface area contributed by atoms with E-state index in [-0.39, 0.29) is 23.0 Å². The Morgan fingerprint density at radius 2 is 1.91 bits per heavy atom. The van der Waals surface area contributed by atoms with Crippen molar-refractivity contribution in [1.29, 1.82) is 0 Å². The number of anilines is 1. The highest BCUT2D eigenvalue weighted by Gasteiger charge is 2.16. The molecule has 1 aliphatic heterocycles. The zero-order valence-electron chi connectivity index (χ0n) is 19.1. The molecule has 0 aromatic heterocycles. The monoisotopic (exact) mass is 469 g/mol. The third-order valence-electron chi connectivity index (χ3n) is 5.21. The van der Waals surface area contributed by atoms with Crippen LogP contribution in [0.3, 0.4) is 0 Å². The zero-order chi connectivity index (χ0) is 23.6. The van der Waals surface area contributed by atoms with Gasteiger partial charge >= 0.3 is 0 Å². The molecular formula is C25H31N3O4S. The molecule has 1 atom stereocenters. The first kappa shape index (κ1) is 24.7. The van der Waals surface area contributed by atoms with E-state index in [0.29, 0.717) is 41.6 Å². The van der Waals surface area contributed by atoms with Gasteiger partial charge in [0.1, 0.15) is 5.75 Å². The summed E-state index contributed by atoms with van der Waals surface area (Å²) in [5, 5.41) is 8.69. The molecule has 2 aromatic rings. The smallest absolute Gasteiger partial charge is 0.257 e. The van der Waals surface area contributed by atoms with Crippen LogP contribution < -0.4 is 20.7 Å². The van der Waals surface area contributed by atoms with Gasteiger partial charge in [-0.3, -0.25) is 14.9 Å². The Kier molecular flexibility index (Phi) is 9.21. The first-order valence-electron chi connectivity index (χ1n) is 11.3. The molecule has 0 saturated carbocycles. The van der Waals surface area contributed by atoms with Gasteiger partial charge in [0.2, 0.25) is 0 Å². The molecule has 2 aromatic carbocycles. The molecule has 7 nitrogen and oxygen atoms in total. The number of ether oxygens (including phenoxy) is 2. The van der Waals surface area contributed by atoms with Gasteiger partial charge < -0.3 is 20.1 Å². The van der Waals surface area contributed by atoms with Crippen molar-refractivity contribution in [3.63, 3.8) is 0 Å². The van der Waals surface area contributed by atoms with Gasteiger partial charge in [-0.1, -0.05) is 19.9 Å². The lowest BCUT2D eigenvalue weighted by Gasteiger charge is -2.12.